The second-order valence-corrected chi connectivity index (χ2v) is 2.75. The van der Waals surface area contributed by atoms with Crippen LogP contribution in [-0.2, 0) is 0 Å². The Hall–Kier alpha value is -0.915. The lowest BCUT2D eigenvalue weighted by atomic mass is 9.92. The zero-order chi connectivity index (χ0) is 7.72. The fourth-order valence-corrected chi connectivity index (χ4v) is 1.17. The van der Waals surface area contributed by atoms with Gasteiger partial charge in [0.25, 0.3) is 0 Å². The Morgan fingerprint density at radius 3 is 2.00 bits per heavy atom. The average Bonchev–Trinajstić information content (AvgIpc) is 1.82. The number of hydrogen-bond acceptors (Lipinski definition) is 1. The molecule has 0 aromatic heterocycles. The van der Waals surface area contributed by atoms with Gasteiger partial charge in [-0.2, -0.15) is 0 Å². The Labute approximate surface area is 62.1 Å². The smallest absolute Gasteiger partial charge is 0.139 e. The highest BCUT2D eigenvalue weighted by molar-refractivity contribution is 6.32. The molecule has 1 nitrogen and oxygen atoms in total. The van der Waals surface area contributed by atoms with Gasteiger partial charge in [-0.15, -0.1) is 0 Å². The van der Waals surface area contributed by atoms with Gasteiger partial charge in [0.15, 0.2) is 0 Å². The fraction of sp³-hybridized carbons (Fsp3) is 0.250. The van der Waals surface area contributed by atoms with E-state index in [1.165, 1.54) is 5.46 Å². The van der Waals surface area contributed by atoms with E-state index in [-0.39, 0.29) is 0 Å². The minimum atomic E-state index is 0.422. The van der Waals surface area contributed by atoms with Crippen molar-refractivity contribution in [2.24, 2.45) is 0 Å². The van der Waals surface area contributed by atoms with Gasteiger partial charge in [-0.25, -0.2) is 0 Å². The molecular formula is C8H11BO. The SMILES string of the molecule is Bc1cc(C)c(O)c(C)c1. The van der Waals surface area contributed by atoms with E-state index in [2.05, 4.69) is 0 Å². The fourth-order valence-electron chi connectivity index (χ4n) is 1.17. The lowest BCUT2D eigenvalue weighted by Crippen LogP contribution is -2.02. The van der Waals surface area contributed by atoms with Crippen LogP contribution in [0.3, 0.4) is 0 Å². The quantitative estimate of drug-likeness (QED) is 0.505. The zero-order valence-corrected chi connectivity index (χ0v) is 6.60. The molecule has 0 unspecified atom stereocenters. The van der Waals surface area contributed by atoms with Crippen molar-refractivity contribution in [1.82, 2.24) is 0 Å². The molecule has 0 spiro atoms. The zero-order valence-electron chi connectivity index (χ0n) is 6.60. The molecule has 1 aromatic rings. The summed E-state index contributed by atoms with van der Waals surface area (Å²) >= 11 is 0. The minimum Gasteiger partial charge on any atom is -0.507 e. The number of aryl methyl sites for hydroxylation is 2. The molecule has 1 aromatic carbocycles. The van der Waals surface area contributed by atoms with Crippen LogP contribution in [0.5, 0.6) is 5.75 Å². The molecule has 1 N–H and O–H groups in total. The summed E-state index contributed by atoms with van der Waals surface area (Å²) in [6, 6.07) is 3.95. The molecular weight excluding hydrogens is 123 g/mol. The molecule has 0 saturated carbocycles. The van der Waals surface area contributed by atoms with Crippen LogP contribution in [0, 0.1) is 13.8 Å². The summed E-state index contributed by atoms with van der Waals surface area (Å²) in [5.41, 5.74) is 3.11. The van der Waals surface area contributed by atoms with Gasteiger partial charge in [-0.3, -0.25) is 0 Å². The summed E-state index contributed by atoms with van der Waals surface area (Å²) in [5, 5.41) is 9.33. The maximum atomic E-state index is 9.33. The van der Waals surface area contributed by atoms with E-state index < -0.39 is 0 Å². The summed E-state index contributed by atoms with van der Waals surface area (Å²) < 4.78 is 0. The molecule has 0 saturated heterocycles. The topological polar surface area (TPSA) is 20.2 Å². The Morgan fingerprint density at radius 2 is 1.60 bits per heavy atom. The second kappa shape index (κ2) is 2.37. The van der Waals surface area contributed by atoms with Crippen LogP contribution in [0.25, 0.3) is 0 Å². The summed E-state index contributed by atoms with van der Waals surface area (Å²) in [7, 11) is 2.03. The molecule has 0 aliphatic rings. The van der Waals surface area contributed by atoms with Gasteiger partial charge in [0.2, 0.25) is 0 Å². The van der Waals surface area contributed by atoms with Crippen LogP contribution in [0.15, 0.2) is 12.1 Å². The van der Waals surface area contributed by atoms with E-state index in [0.717, 1.165) is 11.1 Å². The minimum absolute atomic E-state index is 0.422. The number of hydrogen-bond donors (Lipinski definition) is 1. The Bertz CT molecular complexity index is 232. The van der Waals surface area contributed by atoms with Gasteiger partial charge in [0, 0.05) is 0 Å². The predicted octanol–water partition coefficient (Wildman–Crippen LogP) is 0.267. The molecule has 0 atom stereocenters. The number of benzene rings is 1. The third kappa shape index (κ3) is 1.15. The largest absolute Gasteiger partial charge is 0.507 e. The van der Waals surface area contributed by atoms with Crippen LogP contribution in [0.2, 0.25) is 0 Å². The molecule has 0 radical (unpaired) electrons. The van der Waals surface area contributed by atoms with Crippen molar-refractivity contribution in [2.75, 3.05) is 0 Å². The Morgan fingerprint density at radius 1 is 1.20 bits per heavy atom. The molecule has 10 heavy (non-hydrogen) atoms. The average molecular weight is 134 g/mol. The molecule has 0 aliphatic carbocycles. The van der Waals surface area contributed by atoms with Crippen LogP contribution < -0.4 is 5.46 Å². The Balaban J connectivity index is 3.31. The molecule has 0 heterocycles. The third-order valence-electron chi connectivity index (χ3n) is 1.64. The summed E-state index contributed by atoms with van der Waals surface area (Å²) in [6.07, 6.45) is 0. The highest BCUT2D eigenvalue weighted by Gasteiger charge is 1.98. The van der Waals surface area contributed by atoms with Crippen LogP contribution >= 0.6 is 0 Å². The highest BCUT2D eigenvalue weighted by Crippen LogP contribution is 2.18. The summed E-state index contributed by atoms with van der Waals surface area (Å²) in [4.78, 5) is 0. The Kier molecular flexibility index (Phi) is 1.71. The van der Waals surface area contributed by atoms with E-state index in [0.29, 0.717) is 5.75 Å². The van der Waals surface area contributed by atoms with Crippen molar-refractivity contribution in [3.8, 4) is 5.75 Å². The number of phenolic OH excluding ortho intramolecular Hbond substituents is 1. The van der Waals surface area contributed by atoms with Gasteiger partial charge in [0.1, 0.15) is 13.6 Å². The first-order valence-corrected chi connectivity index (χ1v) is 3.38. The van der Waals surface area contributed by atoms with Crippen molar-refractivity contribution in [1.29, 1.82) is 0 Å². The molecule has 0 amide bonds. The summed E-state index contributed by atoms with van der Waals surface area (Å²) in [5.74, 6) is 0.422. The lowest BCUT2D eigenvalue weighted by molar-refractivity contribution is 0.467. The third-order valence-corrected chi connectivity index (χ3v) is 1.64. The lowest BCUT2D eigenvalue weighted by Gasteiger charge is -2.03. The van der Waals surface area contributed by atoms with Crippen LogP contribution in [-0.4, -0.2) is 13.0 Å². The van der Waals surface area contributed by atoms with E-state index in [1.807, 2.05) is 33.8 Å². The molecule has 1 rings (SSSR count). The number of rotatable bonds is 0. The molecule has 2 heteroatoms. The van der Waals surface area contributed by atoms with E-state index in [1.54, 1.807) is 0 Å². The van der Waals surface area contributed by atoms with Gasteiger partial charge >= 0.3 is 0 Å². The number of aromatic hydroxyl groups is 1. The predicted molar refractivity (Wildman–Crippen MR) is 45.8 cm³/mol. The first-order valence-electron chi connectivity index (χ1n) is 3.38. The summed E-state index contributed by atoms with van der Waals surface area (Å²) in [6.45, 7) is 3.82. The van der Waals surface area contributed by atoms with Crippen molar-refractivity contribution in [3.63, 3.8) is 0 Å². The standard InChI is InChI=1S/C8H11BO/c1-5-3-7(9)4-6(2)8(5)10/h3-4,10H,9H2,1-2H3. The molecule has 0 bridgehead atoms. The van der Waals surface area contributed by atoms with Gasteiger partial charge in [0.05, 0.1) is 0 Å². The van der Waals surface area contributed by atoms with Crippen molar-refractivity contribution in [2.45, 2.75) is 13.8 Å². The van der Waals surface area contributed by atoms with Crippen molar-refractivity contribution < 1.29 is 5.11 Å². The molecule has 0 fully saturated rings. The van der Waals surface area contributed by atoms with Crippen molar-refractivity contribution >= 4 is 13.3 Å². The van der Waals surface area contributed by atoms with E-state index >= 15 is 0 Å². The normalized spacial score (nSPS) is 9.80. The van der Waals surface area contributed by atoms with Crippen LogP contribution in [0.4, 0.5) is 0 Å². The van der Waals surface area contributed by atoms with Crippen LogP contribution in [0.1, 0.15) is 11.1 Å². The van der Waals surface area contributed by atoms with Gasteiger partial charge in [-0.1, -0.05) is 17.6 Å². The first kappa shape index (κ1) is 7.20. The first-order chi connectivity index (χ1) is 4.61. The number of phenols is 1. The highest BCUT2D eigenvalue weighted by atomic mass is 16.3. The molecule has 0 aliphatic heterocycles. The van der Waals surface area contributed by atoms with Crippen molar-refractivity contribution in [3.05, 3.63) is 23.3 Å². The maximum absolute atomic E-state index is 9.33. The van der Waals surface area contributed by atoms with Gasteiger partial charge < -0.3 is 5.11 Å². The van der Waals surface area contributed by atoms with E-state index in [4.69, 9.17) is 0 Å². The second-order valence-electron chi connectivity index (χ2n) is 2.75. The van der Waals surface area contributed by atoms with E-state index in [9.17, 15) is 5.11 Å². The monoisotopic (exact) mass is 134 g/mol. The maximum Gasteiger partial charge on any atom is 0.139 e. The molecule has 52 valence electrons. The van der Waals surface area contributed by atoms with Gasteiger partial charge in [-0.05, 0) is 25.0 Å².